The Bertz CT molecular complexity index is 842. The van der Waals surface area contributed by atoms with E-state index in [-0.39, 0.29) is 18.2 Å². The fourth-order valence-corrected chi connectivity index (χ4v) is 2.02. The second-order valence-electron chi connectivity index (χ2n) is 4.54. The quantitative estimate of drug-likeness (QED) is 0.551. The first-order chi connectivity index (χ1) is 11.1. The van der Waals surface area contributed by atoms with Crippen molar-refractivity contribution in [2.24, 2.45) is 0 Å². The second kappa shape index (κ2) is 6.45. The van der Waals surface area contributed by atoms with E-state index in [1.165, 1.54) is 0 Å². The number of carbonyl (C=O) groups excluding carboxylic acids is 2. The number of ketones is 2. The molecule has 0 saturated heterocycles. The number of furan rings is 1. The van der Waals surface area contributed by atoms with Crippen molar-refractivity contribution in [3.63, 3.8) is 0 Å². The number of carbonyl (C=O) groups is 2. The van der Waals surface area contributed by atoms with Gasteiger partial charge in [-0.15, -0.1) is 0 Å². The van der Waals surface area contributed by atoms with Crippen LogP contribution >= 0.6 is 11.6 Å². The zero-order valence-corrected chi connectivity index (χ0v) is 12.4. The number of rotatable bonds is 6. The molecule has 116 valence electrons. The summed E-state index contributed by atoms with van der Waals surface area (Å²) in [6, 6.07) is 9.92. The van der Waals surface area contributed by atoms with Gasteiger partial charge in [0, 0.05) is 11.1 Å². The highest BCUT2D eigenvalue weighted by atomic mass is 35.5. The zero-order valence-electron chi connectivity index (χ0n) is 11.7. The van der Waals surface area contributed by atoms with Crippen molar-refractivity contribution in [2.45, 2.75) is 6.42 Å². The molecule has 0 fully saturated rings. The third kappa shape index (κ3) is 3.64. The molecule has 0 amide bonds. The second-order valence-corrected chi connectivity index (χ2v) is 4.98. The Morgan fingerprint density at radius 3 is 2.87 bits per heavy atom. The van der Waals surface area contributed by atoms with Crippen molar-refractivity contribution in [3.05, 3.63) is 59.3 Å². The van der Waals surface area contributed by atoms with E-state index in [4.69, 9.17) is 20.8 Å². The first-order valence-corrected chi connectivity index (χ1v) is 6.94. The molecule has 0 radical (unpaired) electrons. The normalized spacial score (nSPS) is 10.5. The molecule has 0 atom stereocenters. The van der Waals surface area contributed by atoms with Gasteiger partial charge in [-0.25, -0.2) is 4.98 Å². The van der Waals surface area contributed by atoms with Gasteiger partial charge in [0.15, 0.2) is 5.82 Å². The van der Waals surface area contributed by atoms with Gasteiger partial charge in [0.05, 0.1) is 6.42 Å². The molecule has 1 aromatic carbocycles. The maximum atomic E-state index is 11.9. The Balaban J connectivity index is 1.65. The molecule has 0 aliphatic rings. The smallest absolute Gasteiger partial charge is 0.290 e. The fourth-order valence-electron chi connectivity index (χ4n) is 1.84. The van der Waals surface area contributed by atoms with E-state index in [0.29, 0.717) is 16.5 Å². The minimum absolute atomic E-state index is 0.100. The fraction of sp³-hybridized carbons (Fsp3) is 0.0667. The van der Waals surface area contributed by atoms with E-state index < -0.39 is 11.6 Å². The number of H-pyrrole nitrogens is 1. The van der Waals surface area contributed by atoms with Gasteiger partial charge in [0.1, 0.15) is 17.8 Å². The molecule has 7 nitrogen and oxygen atoms in total. The topological polar surface area (TPSA) is 98.1 Å². The van der Waals surface area contributed by atoms with Crippen molar-refractivity contribution in [1.29, 1.82) is 0 Å². The Labute approximate surface area is 135 Å². The van der Waals surface area contributed by atoms with E-state index in [9.17, 15) is 9.59 Å². The number of hydrogen-bond donors (Lipinski definition) is 1. The van der Waals surface area contributed by atoms with Crippen LogP contribution in [0.2, 0.25) is 5.02 Å². The van der Waals surface area contributed by atoms with Crippen LogP contribution in [0.25, 0.3) is 0 Å². The zero-order chi connectivity index (χ0) is 16.2. The summed E-state index contributed by atoms with van der Waals surface area (Å²) in [7, 11) is 0. The average molecular weight is 332 g/mol. The average Bonchev–Trinajstić information content (AvgIpc) is 3.18. The number of aromatic amines is 1. The highest BCUT2D eigenvalue weighted by molar-refractivity contribution is 6.42. The summed E-state index contributed by atoms with van der Waals surface area (Å²) in [5.41, 5.74) is 0. The third-order valence-corrected chi connectivity index (χ3v) is 3.10. The van der Waals surface area contributed by atoms with Crippen molar-refractivity contribution in [1.82, 2.24) is 15.2 Å². The highest BCUT2D eigenvalue weighted by Gasteiger charge is 2.21. The monoisotopic (exact) mass is 331 g/mol. The van der Waals surface area contributed by atoms with E-state index >= 15 is 0 Å². The number of ether oxygens (including phenoxy) is 1. The maximum Gasteiger partial charge on any atom is 0.290 e. The minimum atomic E-state index is -0.754. The van der Waals surface area contributed by atoms with Crippen LogP contribution in [0.3, 0.4) is 0 Å². The van der Waals surface area contributed by atoms with Crippen LogP contribution in [0.15, 0.2) is 47.1 Å². The maximum absolute atomic E-state index is 11.9. The van der Waals surface area contributed by atoms with Gasteiger partial charge < -0.3 is 9.15 Å². The molecule has 0 aliphatic heterocycles. The molecule has 3 aromatic rings. The van der Waals surface area contributed by atoms with Gasteiger partial charge in [-0.1, -0.05) is 17.7 Å². The number of halogens is 1. The standard InChI is InChI=1S/C15H10ClN3O4/c16-9-2-1-3-10(6-9)22-13-5-4-11(23-13)7-12(20)14(21)15-17-8-18-19-15/h1-6,8H,7H2,(H,17,18,19). The summed E-state index contributed by atoms with van der Waals surface area (Å²) >= 11 is 5.86. The number of nitrogens with one attached hydrogen (secondary N) is 1. The summed E-state index contributed by atoms with van der Waals surface area (Å²) in [4.78, 5) is 27.3. The van der Waals surface area contributed by atoms with Crippen LogP contribution in [0.5, 0.6) is 11.7 Å². The van der Waals surface area contributed by atoms with Crippen LogP contribution in [-0.2, 0) is 11.2 Å². The number of nitrogens with zero attached hydrogens (tertiary/aromatic N) is 2. The van der Waals surface area contributed by atoms with Gasteiger partial charge in [-0.3, -0.25) is 14.7 Å². The summed E-state index contributed by atoms with van der Waals surface area (Å²) < 4.78 is 10.9. The van der Waals surface area contributed by atoms with Crippen LogP contribution in [-0.4, -0.2) is 26.7 Å². The van der Waals surface area contributed by atoms with Gasteiger partial charge in [-0.05, 0) is 24.3 Å². The van der Waals surface area contributed by atoms with Gasteiger partial charge in [0.2, 0.25) is 5.78 Å². The lowest BCUT2D eigenvalue weighted by Crippen LogP contribution is -2.17. The Kier molecular flexibility index (Phi) is 4.20. The molecule has 2 aromatic heterocycles. The molecule has 0 saturated carbocycles. The van der Waals surface area contributed by atoms with Crippen molar-refractivity contribution >= 4 is 23.2 Å². The molecule has 0 spiro atoms. The largest absolute Gasteiger partial charge is 0.430 e. The molecule has 0 aliphatic carbocycles. The lowest BCUT2D eigenvalue weighted by atomic mass is 10.1. The third-order valence-electron chi connectivity index (χ3n) is 2.87. The van der Waals surface area contributed by atoms with E-state index in [1.54, 1.807) is 36.4 Å². The van der Waals surface area contributed by atoms with Crippen molar-refractivity contribution in [3.8, 4) is 11.7 Å². The molecule has 2 heterocycles. The van der Waals surface area contributed by atoms with E-state index in [0.717, 1.165) is 6.33 Å². The summed E-state index contributed by atoms with van der Waals surface area (Å²) in [5.74, 6) is -0.511. The summed E-state index contributed by atoms with van der Waals surface area (Å²) in [6.45, 7) is 0. The molecular weight excluding hydrogens is 322 g/mol. The number of aromatic nitrogens is 3. The molecule has 23 heavy (non-hydrogen) atoms. The van der Waals surface area contributed by atoms with E-state index in [2.05, 4.69) is 15.2 Å². The first kappa shape index (κ1) is 15.0. The minimum Gasteiger partial charge on any atom is -0.430 e. The highest BCUT2D eigenvalue weighted by Crippen LogP contribution is 2.26. The summed E-state index contributed by atoms with van der Waals surface area (Å²) in [5, 5.41) is 6.40. The molecule has 0 unspecified atom stereocenters. The molecular formula is C15H10ClN3O4. The molecule has 1 N–H and O–H groups in total. The van der Waals surface area contributed by atoms with Crippen molar-refractivity contribution in [2.75, 3.05) is 0 Å². The van der Waals surface area contributed by atoms with Crippen LogP contribution < -0.4 is 4.74 Å². The first-order valence-electron chi connectivity index (χ1n) is 6.57. The number of Topliss-reactive ketones (excluding diaryl/α,β-unsaturated/α-hetero) is 2. The Morgan fingerprint density at radius 1 is 1.26 bits per heavy atom. The predicted octanol–water partition coefficient (Wildman–Crippen LogP) is 2.84. The molecule has 3 rings (SSSR count). The van der Waals surface area contributed by atoms with Gasteiger partial charge >= 0.3 is 0 Å². The Hall–Kier alpha value is -2.93. The van der Waals surface area contributed by atoms with Crippen molar-refractivity contribution < 1.29 is 18.7 Å². The molecule has 0 bridgehead atoms. The molecule has 8 heteroatoms. The van der Waals surface area contributed by atoms with Crippen LogP contribution in [0, 0.1) is 0 Å². The predicted molar refractivity (Wildman–Crippen MR) is 79.7 cm³/mol. The Morgan fingerprint density at radius 2 is 2.13 bits per heavy atom. The van der Waals surface area contributed by atoms with Gasteiger partial charge in [-0.2, -0.15) is 5.10 Å². The number of hydrogen-bond acceptors (Lipinski definition) is 6. The SMILES string of the molecule is O=C(Cc1ccc(Oc2cccc(Cl)c2)o1)C(=O)c1ncn[nH]1. The van der Waals surface area contributed by atoms with Crippen LogP contribution in [0.4, 0.5) is 0 Å². The van der Waals surface area contributed by atoms with Crippen LogP contribution in [0.1, 0.15) is 16.4 Å². The summed E-state index contributed by atoms with van der Waals surface area (Å²) in [6.07, 6.45) is 0.961. The lowest BCUT2D eigenvalue weighted by Gasteiger charge is -2.01. The van der Waals surface area contributed by atoms with E-state index in [1.807, 2.05) is 0 Å². The number of benzene rings is 1. The van der Waals surface area contributed by atoms with Gasteiger partial charge in [0.25, 0.3) is 11.7 Å². The lowest BCUT2D eigenvalue weighted by molar-refractivity contribution is -0.114.